The lowest BCUT2D eigenvalue weighted by molar-refractivity contribution is -0.136. The fourth-order valence-electron chi connectivity index (χ4n) is 1.95. The van der Waals surface area contributed by atoms with Gasteiger partial charge in [-0.1, -0.05) is 33.8 Å². The van der Waals surface area contributed by atoms with Gasteiger partial charge in [0.15, 0.2) is 0 Å². The lowest BCUT2D eigenvalue weighted by Gasteiger charge is -2.13. The average molecular weight is 251 g/mol. The molecule has 3 N–H and O–H groups in total. The number of benzene rings is 1. The van der Waals surface area contributed by atoms with Gasteiger partial charge in [-0.2, -0.15) is 0 Å². The van der Waals surface area contributed by atoms with Gasteiger partial charge in [0, 0.05) is 12.1 Å². The van der Waals surface area contributed by atoms with Crippen LogP contribution in [0.3, 0.4) is 0 Å². The lowest BCUT2D eigenvalue weighted by Crippen LogP contribution is -2.02. The molecule has 3 heteroatoms. The first kappa shape index (κ1) is 16.5. The molecule has 0 fully saturated rings. The third-order valence-electron chi connectivity index (χ3n) is 2.95. The van der Waals surface area contributed by atoms with Gasteiger partial charge in [0.2, 0.25) is 0 Å². The van der Waals surface area contributed by atoms with E-state index in [9.17, 15) is 4.79 Å². The van der Waals surface area contributed by atoms with Gasteiger partial charge in [0.25, 0.3) is 0 Å². The van der Waals surface area contributed by atoms with Crippen molar-refractivity contribution in [3.63, 3.8) is 0 Å². The Kier molecular flexibility index (Phi) is 7.84. The van der Waals surface area contributed by atoms with E-state index in [1.807, 2.05) is 6.07 Å². The Morgan fingerprint density at radius 3 is 1.89 bits per heavy atom. The Hall–Kier alpha value is -1.51. The van der Waals surface area contributed by atoms with Gasteiger partial charge in [0.05, 0.1) is 0 Å². The highest BCUT2D eigenvalue weighted by atomic mass is 16.4. The number of aliphatic carboxylic acids is 1. The molecule has 1 aromatic carbocycles. The Morgan fingerprint density at radius 2 is 1.56 bits per heavy atom. The summed E-state index contributed by atoms with van der Waals surface area (Å²) < 4.78 is 0. The molecule has 0 saturated carbocycles. The van der Waals surface area contributed by atoms with Crippen molar-refractivity contribution in [3.05, 3.63) is 28.8 Å². The van der Waals surface area contributed by atoms with Crippen molar-refractivity contribution in [1.82, 2.24) is 0 Å². The summed E-state index contributed by atoms with van der Waals surface area (Å²) in [5.41, 5.74) is 11.2. The summed E-state index contributed by atoms with van der Waals surface area (Å²) in [5.74, 6) is -0.745. The summed E-state index contributed by atoms with van der Waals surface area (Å²) in [7, 11) is 0. The molecule has 0 aromatic heterocycles. The molecule has 3 nitrogen and oxygen atoms in total. The second-order valence-corrected chi connectivity index (χ2v) is 4.08. The van der Waals surface area contributed by atoms with Gasteiger partial charge in [-0.3, -0.25) is 4.79 Å². The Morgan fingerprint density at radius 1 is 1.06 bits per heavy atom. The normalized spacial score (nSPS) is 9.56. The smallest absolute Gasteiger partial charge is 0.303 e. The predicted octanol–water partition coefficient (Wildman–Crippen LogP) is 3.44. The van der Waals surface area contributed by atoms with E-state index in [0.717, 1.165) is 24.9 Å². The molecule has 1 rings (SSSR count). The molecule has 0 unspecified atom stereocenters. The highest BCUT2D eigenvalue weighted by Crippen LogP contribution is 2.22. The Labute approximate surface area is 110 Å². The fourth-order valence-corrected chi connectivity index (χ4v) is 1.95. The summed E-state index contributed by atoms with van der Waals surface area (Å²) in [5, 5.41) is 7.72. The zero-order valence-electron chi connectivity index (χ0n) is 11.9. The first-order valence-corrected chi connectivity index (χ1v) is 6.62. The van der Waals surface area contributed by atoms with Crippen molar-refractivity contribution >= 4 is 11.7 Å². The Bertz CT molecular complexity index is 386. The molecule has 102 valence electrons. The maximum absolute atomic E-state index is 9.37. The number of hydrogen-bond acceptors (Lipinski definition) is 2. The van der Waals surface area contributed by atoms with Gasteiger partial charge in [-0.05, 0) is 42.0 Å². The fraction of sp³-hybridized carbons (Fsp3) is 0.533. The summed E-state index contributed by atoms with van der Waals surface area (Å²) in [6.45, 7) is 8.17. The van der Waals surface area contributed by atoms with Crippen molar-refractivity contribution in [1.29, 1.82) is 0 Å². The molecule has 0 aliphatic heterocycles. The van der Waals surface area contributed by atoms with Crippen LogP contribution in [0.15, 0.2) is 12.1 Å². The minimum Gasteiger partial charge on any atom is -0.481 e. The number of nitrogens with two attached hydrogens (primary N) is 1. The zero-order chi connectivity index (χ0) is 14.1. The first-order valence-electron chi connectivity index (χ1n) is 6.62. The van der Waals surface area contributed by atoms with E-state index < -0.39 is 5.97 Å². The van der Waals surface area contributed by atoms with E-state index in [2.05, 4.69) is 26.8 Å². The molecule has 0 aliphatic rings. The highest BCUT2D eigenvalue weighted by Gasteiger charge is 2.06. The minimum atomic E-state index is -0.745. The van der Waals surface area contributed by atoms with Gasteiger partial charge >= 0.3 is 5.97 Å². The van der Waals surface area contributed by atoms with Crippen LogP contribution in [0.4, 0.5) is 5.69 Å². The SMILES string of the molecule is CCC(=O)O.CCc1ccc(N)c(CC)c1CC. The first-order chi connectivity index (χ1) is 8.51. The molecule has 18 heavy (non-hydrogen) atoms. The molecular weight excluding hydrogens is 226 g/mol. The van der Waals surface area contributed by atoms with Crippen LogP contribution >= 0.6 is 0 Å². The molecule has 0 heterocycles. The number of carboxylic acid groups (broad SMARTS) is 1. The van der Waals surface area contributed by atoms with Crippen LogP contribution in [0.2, 0.25) is 0 Å². The van der Waals surface area contributed by atoms with Gasteiger partial charge in [-0.25, -0.2) is 0 Å². The molecule has 0 amide bonds. The van der Waals surface area contributed by atoms with Crippen molar-refractivity contribution in [2.75, 3.05) is 5.73 Å². The third kappa shape index (κ3) is 4.78. The van der Waals surface area contributed by atoms with Crippen molar-refractivity contribution in [2.45, 2.75) is 53.4 Å². The van der Waals surface area contributed by atoms with Crippen LogP contribution in [0.25, 0.3) is 0 Å². The van der Waals surface area contributed by atoms with E-state index in [-0.39, 0.29) is 6.42 Å². The predicted molar refractivity (Wildman–Crippen MR) is 76.9 cm³/mol. The van der Waals surface area contributed by atoms with E-state index in [4.69, 9.17) is 10.8 Å². The van der Waals surface area contributed by atoms with Crippen molar-refractivity contribution in [2.24, 2.45) is 0 Å². The van der Waals surface area contributed by atoms with Gasteiger partial charge < -0.3 is 10.8 Å². The molecule has 0 saturated heterocycles. The second-order valence-electron chi connectivity index (χ2n) is 4.08. The lowest BCUT2D eigenvalue weighted by atomic mass is 9.94. The zero-order valence-corrected chi connectivity index (χ0v) is 11.9. The van der Waals surface area contributed by atoms with Crippen LogP contribution in [0.1, 0.15) is 50.8 Å². The molecule has 0 spiro atoms. The average Bonchev–Trinajstić information content (AvgIpc) is 2.38. The quantitative estimate of drug-likeness (QED) is 0.806. The van der Waals surface area contributed by atoms with Crippen LogP contribution in [0.5, 0.6) is 0 Å². The topological polar surface area (TPSA) is 63.3 Å². The summed E-state index contributed by atoms with van der Waals surface area (Å²) in [6.07, 6.45) is 3.47. The molecule has 0 radical (unpaired) electrons. The molecule has 0 aliphatic carbocycles. The number of rotatable bonds is 4. The molecule has 0 bridgehead atoms. The van der Waals surface area contributed by atoms with E-state index in [1.54, 1.807) is 6.92 Å². The number of carboxylic acids is 1. The van der Waals surface area contributed by atoms with Crippen LogP contribution < -0.4 is 5.73 Å². The number of carbonyl (C=O) groups is 1. The van der Waals surface area contributed by atoms with Gasteiger partial charge in [-0.15, -0.1) is 0 Å². The number of nitrogen functional groups attached to an aromatic ring is 1. The van der Waals surface area contributed by atoms with Crippen LogP contribution in [-0.4, -0.2) is 11.1 Å². The summed E-state index contributed by atoms with van der Waals surface area (Å²) in [6, 6.07) is 4.20. The van der Waals surface area contributed by atoms with Crippen LogP contribution in [0, 0.1) is 0 Å². The Balaban J connectivity index is 0.000000494. The maximum atomic E-state index is 9.37. The van der Waals surface area contributed by atoms with E-state index in [1.165, 1.54) is 16.7 Å². The summed E-state index contributed by atoms with van der Waals surface area (Å²) >= 11 is 0. The van der Waals surface area contributed by atoms with E-state index in [0.29, 0.717) is 0 Å². The second kappa shape index (κ2) is 8.56. The number of aryl methyl sites for hydroxylation is 1. The minimum absolute atomic E-state index is 0.222. The molecule has 1 aromatic rings. The number of anilines is 1. The summed E-state index contributed by atoms with van der Waals surface area (Å²) in [4.78, 5) is 9.37. The molecule has 0 atom stereocenters. The van der Waals surface area contributed by atoms with Crippen molar-refractivity contribution in [3.8, 4) is 0 Å². The third-order valence-corrected chi connectivity index (χ3v) is 2.95. The van der Waals surface area contributed by atoms with Gasteiger partial charge in [0.1, 0.15) is 0 Å². The largest absolute Gasteiger partial charge is 0.481 e. The highest BCUT2D eigenvalue weighted by molar-refractivity contribution is 5.66. The van der Waals surface area contributed by atoms with Crippen molar-refractivity contribution < 1.29 is 9.90 Å². The molecular formula is C15H25NO2. The van der Waals surface area contributed by atoms with Crippen LogP contribution in [-0.2, 0) is 24.1 Å². The number of hydrogen-bond donors (Lipinski definition) is 2. The maximum Gasteiger partial charge on any atom is 0.303 e. The standard InChI is InChI=1S/C12H19N.C3H6O2/c1-4-9-7-8-12(13)11(6-3)10(9)5-2;1-2-3(4)5/h7-8H,4-6,13H2,1-3H3;2H2,1H3,(H,4,5). The van der Waals surface area contributed by atoms with E-state index >= 15 is 0 Å². The monoisotopic (exact) mass is 251 g/mol.